The fraction of sp³-hybridized carbons (Fsp3) is 0.208. The summed E-state index contributed by atoms with van der Waals surface area (Å²) in [7, 11) is -3.61. The smallest absolute Gasteiger partial charge is 0.258 e. The fourth-order valence-corrected chi connectivity index (χ4v) is 5.06. The maximum atomic E-state index is 13.0. The Bertz CT molecular complexity index is 1220. The first-order chi connectivity index (χ1) is 14.3. The standard InChI is InChI=1S/C24H24N2O3S/c1-17-6-5-8-21(14-17)24(27)26-13-12-20-11-10-19(15-22(20)26)16-25-30(28,29)23-9-4-3-7-18(23)2/h3-11,14-15,25H,12-13,16H2,1-2H3. The zero-order valence-electron chi connectivity index (χ0n) is 17.1. The number of aryl methyl sites for hydroxylation is 2. The van der Waals surface area contributed by atoms with Crippen LogP contribution in [0, 0.1) is 13.8 Å². The maximum Gasteiger partial charge on any atom is 0.258 e. The molecule has 1 aliphatic heterocycles. The van der Waals surface area contributed by atoms with E-state index in [1.807, 2.05) is 55.5 Å². The summed E-state index contributed by atoms with van der Waals surface area (Å²) in [4.78, 5) is 15.1. The number of carbonyl (C=O) groups excluding carboxylic acids is 1. The second-order valence-corrected chi connectivity index (χ2v) is 9.36. The average molecular weight is 421 g/mol. The number of amides is 1. The van der Waals surface area contributed by atoms with Gasteiger partial charge in [-0.1, -0.05) is 48.0 Å². The zero-order valence-corrected chi connectivity index (χ0v) is 17.9. The quantitative estimate of drug-likeness (QED) is 0.679. The molecule has 1 aliphatic rings. The van der Waals surface area contributed by atoms with Gasteiger partial charge in [0.05, 0.1) is 4.90 Å². The van der Waals surface area contributed by atoms with Gasteiger partial charge in [0.15, 0.2) is 0 Å². The molecule has 5 nitrogen and oxygen atoms in total. The van der Waals surface area contributed by atoms with Gasteiger partial charge < -0.3 is 4.90 Å². The third kappa shape index (κ3) is 4.01. The molecule has 1 amide bonds. The van der Waals surface area contributed by atoms with Crippen molar-refractivity contribution in [1.82, 2.24) is 4.72 Å². The Labute approximate surface area is 177 Å². The first-order valence-corrected chi connectivity index (χ1v) is 11.4. The molecule has 0 bridgehead atoms. The average Bonchev–Trinajstić information content (AvgIpc) is 3.15. The van der Waals surface area contributed by atoms with E-state index in [-0.39, 0.29) is 17.3 Å². The lowest BCUT2D eigenvalue weighted by Gasteiger charge is -2.18. The van der Waals surface area contributed by atoms with Crippen molar-refractivity contribution in [2.75, 3.05) is 11.4 Å². The van der Waals surface area contributed by atoms with Gasteiger partial charge in [0.25, 0.3) is 5.91 Å². The van der Waals surface area contributed by atoms with E-state index in [0.29, 0.717) is 17.7 Å². The minimum Gasteiger partial charge on any atom is -0.308 e. The number of nitrogens with zero attached hydrogens (tertiary/aromatic N) is 1. The number of anilines is 1. The summed E-state index contributed by atoms with van der Waals surface area (Å²) in [6.45, 7) is 4.53. The largest absolute Gasteiger partial charge is 0.308 e. The van der Waals surface area contributed by atoms with E-state index in [1.165, 1.54) is 0 Å². The third-order valence-electron chi connectivity index (χ3n) is 5.40. The van der Waals surface area contributed by atoms with Crippen LogP contribution in [0.4, 0.5) is 5.69 Å². The lowest BCUT2D eigenvalue weighted by molar-refractivity contribution is 0.0989. The predicted molar refractivity (Wildman–Crippen MR) is 118 cm³/mol. The number of carbonyl (C=O) groups is 1. The van der Waals surface area contributed by atoms with E-state index in [4.69, 9.17) is 0 Å². The number of rotatable bonds is 5. The molecule has 154 valence electrons. The highest BCUT2D eigenvalue weighted by atomic mass is 32.2. The Hall–Kier alpha value is -2.96. The van der Waals surface area contributed by atoms with Gasteiger partial charge in [-0.3, -0.25) is 4.79 Å². The van der Waals surface area contributed by atoms with Gasteiger partial charge >= 0.3 is 0 Å². The second kappa shape index (κ2) is 8.05. The molecule has 4 rings (SSSR count). The highest BCUT2D eigenvalue weighted by Gasteiger charge is 2.26. The second-order valence-electron chi connectivity index (χ2n) is 7.63. The number of hydrogen-bond donors (Lipinski definition) is 1. The highest BCUT2D eigenvalue weighted by molar-refractivity contribution is 7.89. The summed E-state index contributed by atoms with van der Waals surface area (Å²) in [5, 5.41) is 0. The van der Waals surface area contributed by atoms with Crippen LogP contribution < -0.4 is 9.62 Å². The summed E-state index contributed by atoms with van der Waals surface area (Å²) in [6.07, 6.45) is 0.794. The van der Waals surface area contributed by atoms with E-state index < -0.39 is 10.0 Å². The Kier molecular flexibility index (Phi) is 5.45. The first kappa shape index (κ1) is 20.3. The van der Waals surface area contributed by atoms with E-state index in [9.17, 15) is 13.2 Å². The first-order valence-electron chi connectivity index (χ1n) is 9.91. The molecule has 0 aliphatic carbocycles. The molecule has 0 fully saturated rings. The summed E-state index contributed by atoms with van der Waals surface area (Å²) in [5.41, 5.74) is 5.17. The molecule has 3 aromatic carbocycles. The molecular formula is C24H24N2O3S. The van der Waals surface area contributed by atoms with Crippen LogP contribution in [0.2, 0.25) is 0 Å². The van der Waals surface area contributed by atoms with E-state index >= 15 is 0 Å². The van der Waals surface area contributed by atoms with Gasteiger partial charge in [0.2, 0.25) is 10.0 Å². The summed E-state index contributed by atoms with van der Waals surface area (Å²) < 4.78 is 28.0. The van der Waals surface area contributed by atoms with Gasteiger partial charge in [-0.2, -0.15) is 0 Å². The van der Waals surface area contributed by atoms with Crippen LogP contribution in [0.25, 0.3) is 0 Å². The molecule has 1 N–H and O–H groups in total. The molecule has 0 saturated carbocycles. The summed E-state index contributed by atoms with van der Waals surface area (Å²) in [6, 6.07) is 20.3. The van der Waals surface area contributed by atoms with Gasteiger partial charge in [0.1, 0.15) is 0 Å². The lowest BCUT2D eigenvalue weighted by atomic mass is 10.1. The van der Waals surface area contributed by atoms with E-state index in [2.05, 4.69) is 4.72 Å². The minimum atomic E-state index is -3.61. The third-order valence-corrected chi connectivity index (χ3v) is 6.97. The molecule has 1 heterocycles. The molecular weight excluding hydrogens is 396 g/mol. The van der Waals surface area contributed by atoms with Crippen molar-refractivity contribution in [3.05, 3.63) is 94.5 Å². The number of fused-ring (bicyclic) bond motifs is 1. The van der Waals surface area contributed by atoms with Gasteiger partial charge in [-0.25, -0.2) is 13.1 Å². The Morgan fingerprint density at radius 2 is 1.80 bits per heavy atom. The lowest BCUT2D eigenvalue weighted by Crippen LogP contribution is -2.29. The van der Waals surface area contributed by atoms with Gasteiger partial charge in [-0.15, -0.1) is 0 Å². The molecule has 0 spiro atoms. The highest BCUT2D eigenvalue weighted by Crippen LogP contribution is 2.30. The molecule has 0 saturated heterocycles. The molecule has 0 unspecified atom stereocenters. The van der Waals surface area contributed by atoms with Crippen LogP contribution in [-0.4, -0.2) is 20.9 Å². The van der Waals surface area contributed by atoms with E-state index in [1.54, 1.807) is 30.0 Å². The topological polar surface area (TPSA) is 66.5 Å². The number of sulfonamides is 1. The van der Waals surface area contributed by atoms with Gasteiger partial charge in [-0.05, 0) is 61.2 Å². The Balaban J connectivity index is 1.55. The molecule has 6 heteroatoms. The van der Waals surface area contributed by atoms with Crippen LogP contribution in [0.15, 0.2) is 71.6 Å². The SMILES string of the molecule is Cc1cccc(C(=O)N2CCc3ccc(CNS(=O)(=O)c4ccccc4C)cc32)c1. The van der Waals surface area contributed by atoms with Crippen LogP contribution in [-0.2, 0) is 23.0 Å². The number of hydrogen-bond acceptors (Lipinski definition) is 3. The summed E-state index contributed by atoms with van der Waals surface area (Å²) >= 11 is 0. The maximum absolute atomic E-state index is 13.0. The zero-order chi connectivity index (χ0) is 21.3. The normalized spacial score (nSPS) is 13.3. The minimum absolute atomic E-state index is 0.0323. The molecule has 0 atom stereocenters. The Morgan fingerprint density at radius 3 is 2.57 bits per heavy atom. The van der Waals surface area contributed by atoms with Gasteiger partial charge in [0, 0.05) is 24.3 Å². The number of nitrogens with one attached hydrogen (secondary N) is 1. The molecule has 30 heavy (non-hydrogen) atoms. The van der Waals surface area contributed by atoms with Crippen molar-refractivity contribution in [2.24, 2.45) is 0 Å². The van der Waals surface area contributed by atoms with Crippen LogP contribution in [0.3, 0.4) is 0 Å². The van der Waals surface area contributed by atoms with Crippen LogP contribution in [0.5, 0.6) is 0 Å². The van der Waals surface area contributed by atoms with Crippen molar-refractivity contribution in [3.63, 3.8) is 0 Å². The van der Waals surface area contributed by atoms with E-state index in [0.717, 1.165) is 28.8 Å². The van der Waals surface area contributed by atoms with Crippen molar-refractivity contribution < 1.29 is 13.2 Å². The van der Waals surface area contributed by atoms with Crippen molar-refractivity contribution >= 4 is 21.6 Å². The predicted octanol–water partition coefficient (Wildman–Crippen LogP) is 3.98. The molecule has 0 radical (unpaired) electrons. The van der Waals surface area contributed by atoms with Crippen LogP contribution >= 0.6 is 0 Å². The molecule has 3 aromatic rings. The number of benzene rings is 3. The fourth-order valence-electron chi connectivity index (χ4n) is 3.79. The van der Waals surface area contributed by atoms with Crippen molar-refractivity contribution in [2.45, 2.75) is 31.7 Å². The monoisotopic (exact) mass is 420 g/mol. The summed E-state index contributed by atoms with van der Waals surface area (Å²) in [5.74, 6) is -0.0323. The van der Waals surface area contributed by atoms with Crippen molar-refractivity contribution in [3.8, 4) is 0 Å². The molecule has 0 aromatic heterocycles. The van der Waals surface area contributed by atoms with Crippen molar-refractivity contribution in [1.29, 1.82) is 0 Å². The van der Waals surface area contributed by atoms with Crippen LogP contribution in [0.1, 0.15) is 32.6 Å². The Morgan fingerprint density at radius 1 is 1.00 bits per heavy atom.